The summed E-state index contributed by atoms with van der Waals surface area (Å²) in [6, 6.07) is 0. The first kappa shape index (κ1) is 10.2. The summed E-state index contributed by atoms with van der Waals surface area (Å²) in [6.45, 7) is 5.45. The third-order valence-corrected chi connectivity index (χ3v) is 2.43. The molecule has 0 spiro atoms. The van der Waals surface area contributed by atoms with E-state index in [1.54, 1.807) is 17.2 Å². The van der Waals surface area contributed by atoms with E-state index in [-0.39, 0.29) is 0 Å². The normalized spacial score (nSPS) is 13.1. The quantitative estimate of drug-likeness (QED) is 0.675. The van der Waals surface area contributed by atoms with Gasteiger partial charge in [0.25, 0.3) is 0 Å². The van der Waals surface area contributed by atoms with Crippen molar-refractivity contribution in [3.8, 4) is 0 Å². The molecule has 0 N–H and O–H groups in total. The molecule has 0 fully saturated rings. The zero-order chi connectivity index (χ0) is 9.52. The molecule has 1 unspecified atom stereocenters. The molecular weight excluding hydrogens is 162 g/mol. The lowest BCUT2D eigenvalue weighted by molar-refractivity contribution is 0.349. The van der Waals surface area contributed by atoms with Gasteiger partial charge in [0.2, 0.25) is 0 Å². The molecule has 0 amide bonds. The van der Waals surface area contributed by atoms with E-state index >= 15 is 0 Å². The van der Waals surface area contributed by atoms with Crippen molar-refractivity contribution in [2.45, 2.75) is 46.1 Å². The van der Waals surface area contributed by atoms with Crippen LogP contribution in [0.3, 0.4) is 0 Å². The first-order valence-corrected chi connectivity index (χ1v) is 5.20. The molecule has 1 atom stereocenters. The Morgan fingerprint density at radius 3 is 2.46 bits per heavy atom. The van der Waals surface area contributed by atoms with E-state index in [1.165, 1.54) is 25.7 Å². The molecule has 0 saturated heterocycles. The maximum absolute atomic E-state index is 4.12. The molecule has 0 aliphatic carbocycles. The number of nitrogens with zero attached hydrogens (tertiary/aromatic N) is 3. The zero-order valence-electron chi connectivity index (χ0n) is 8.61. The van der Waals surface area contributed by atoms with Crippen molar-refractivity contribution in [2.24, 2.45) is 5.92 Å². The predicted octanol–water partition coefficient (Wildman–Crippen LogP) is 2.49. The Morgan fingerprint density at radius 1 is 1.23 bits per heavy atom. The molecule has 0 aromatic carbocycles. The van der Waals surface area contributed by atoms with Gasteiger partial charge >= 0.3 is 0 Å². The van der Waals surface area contributed by atoms with Crippen molar-refractivity contribution in [1.82, 2.24) is 15.0 Å². The van der Waals surface area contributed by atoms with Gasteiger partial charge in [0.05, 0.1) is 18.9 Å². The van der Waals surface area contributed by atoms with Gasteiger partial charge in [-0.1, -0.05) is 33.1 Å². The van der Waals surface area contributed by atoms with E-state index < -0.39 is 0 Å². The fraction of sp³-hybridized carbons (Fsp3) is 0.800. The Bertz CT molecular complexity index is 206. The fourth-order valence-electron chi connectivity index (χ4n) is 1.49. The summed E-state index contributed by atoms with van der Waals surface area (Å²) in [4.78, 5) is 1.80. The number of aromatic nitrogens is 3. The van der Waals surface area contributed by atoms with Crippen LogP contribution in [0.1, 0.15) is 39.5 Å². The minimum Gasteiger partial charge on any atom is -0.185 e. The Hall–Kier alpha value is -0.860. The summed E-state index contributed by atoms with van der Waals surface area (Å²) in [5.41, 5.74) is 0. The van der Waals surface area contributed by atoms with Crippen LogP contribution in [0.4, 0.5) is 0 Å². The molecule has 1 aromatic heterocycles. The second kappa shape index (κ2) is 5.73. The standard InChI is InChI=1S/C10H19N3/c1-3-5-6-10(4-2)9-13-11-7-8-12-13/h7-8,10H,3-6,9H2,1-2H3. The van der Waals surface area contributed by atoms with Crippen molar-refractivity contribution in [2.75, 3.05) is 0 Å². The smallest absolute Gasteiger partial charge is 0.0693 e. The highest BCUT2D eigenvalue weighted by Gasteiger charge is 2.06. The highest BCUT2D eigenvalue weighted by molar-refractivity contribution is 4.63. The Kier molecular flexibility index (Phi) is 4.50. The first-order valence-electron chi connectivity index (χ1n) is 5.20. The number of unbranched alkanes of at least 4 members (excludes halogenated alkanes) is 1. The van der Waals surface area contributed by atoms with Crippen molar-refractivity contribution in [3.63, 3.8) is 0 Å². The van der Waals surface area contributed by atoms with Gasteiger partial charge in [0, 0.05) is 0 Å². The molecule has 74 valence electrons. The monoisotopic (exact) mass is 181 g/mol. The van der Waals surface area contributed by atoms with Crippen molar-refractivity contribution in [1.29, 1.82) is 0 Å². The minimum absolute atomic E-state index is 0.743. The van der Waals surface area contributed by atoms with E-state index in [0.29, 0.717) is 0 Å². The average Bonchev–Trinajstić information content (AvgIpc) is 2.64. The van der Waals surface area contributed by atoms with Crippen LogP contribution in [-0.2, 0) is 6.54 Å². The molecular formula is C10H19N3. The van der Waals surface area contributed by atoms with Gasteiger partial charge in [0.15, 0.2) is 0 Å². The Balaban J connectivity index is 2.31. The Labute approximate surface area is 80.1 Å². The van der Waals surface area contributed by atoms with Gasteiger partial charge in [-0.2, -0.15) is 15.0 Å². The van der Waals surface area contributed by atoms with Crippen LogP contribution < -0.4 is 0 Å². The molecule has 0 aliphatic rings. The first-order chi connectivity index (χ1) is 6.36. The molecule has 1 rings (SSSR count). The van der Waals surface area contributed by atoms with Crippen LogP contribution >= 0.6 is 0 Å². The molecule has 0 saturated carbocycles. The largest absolute Gasteiger partial charge is 0.185 e. The van der Waals surface area contributed by atoms with Gasteiger partial charge in [-0.3, -0.25) is 0 Å². The Morgan fingerprint density at radius 2 is 1.92 bits per heavy atom. The number of hydrogen-bond acceptors (Lipinski definition) is 2. The summed E-state index contributed by atoms with van der Waals surface area (Å²) >= 11 is 0. The van der Waals surface area contributed by atoms with Crippen molar-refractivity contribution in [3.05, 3.63) is 12.4 Å². The third-order valence-electron chi connectivity index (χ3n) is 2.43. The molecule has 0 bridgehead atoms. The van der Waals surface area contributed by atoms with Crippen LogP contribution in [0.25, 0.3) is 0 Å². The van der Waals surface area contributed by atoms with E-state index in [0.717, 1.165) is 12.5 Å². The van der Waals surface area contributed by atoms with Crippen LogP contribution in [0, 0.1) is 5.92 Å². The van der Waals surface area contributed by atoms with E-state index in [1.807, 2.05) is 0 Å². The molecule has 1 heterocycles. The van der Waals surface area contributed by atoms with Crippen molar-refractivity contribution >= 4 is 0 Å². The molecule has 3 nitrogen and oxygen atoms in total. The fourth-order valence-corrected chi connectivity index (χ4v) is 1.49. The number of hydrogen-bond donors (Lipinski definition) is 0. The summed E-state index contributed by atoms with van der Waals surface area (Å²) in [7, 11) is 0. The van der Waals surface area contributed by atoms with Gasteiger partial charge in [0.1, 0.15) is 0 Å². The van der Waals surface area contributed by atoms with Gasteiger partial charge in [-0.05, 0) is 12.3 Å². The highest BCUT2D eigenvalue weighted by atomic mass is 15.5. The van der Waals surface area contributed by atoms with Crippen molar-refractivity contribution < 1.29 is 0 Å². The number of rotatable bonds is 6. The topological polar surface area (TPSA) is 30.7 Å². The van der Waals surface area contributed by atoms with E-state index in [4.69, 9.17) is 0 Å². The van der Waals surface area contributed by atoms with Crippen LogP contribution in [-0.4, -0.2) is 15.0 Å². The van der Waals surface area contributed by atoms with Crippen LogP contribution in [0.2, 0.25) is 0 Å². The summed E-state index contributed by atoms with van der Waals surface area (Å²) in [5, 5.41) is 8.24. The van der Waals surface area contributed by atoms with Gasteiger partial charge in [-0.15, -0.1) is 0 Å². The van der Waals surface area contributed by atoms with Crippen LogP contribution in [0.5, 0.6) is 0 Å². The minimum atomic E-state index is 0.743. The second-order valence-electron chi connectivity index (χ2n) is 3.50. The maximum Gasteiger partial charge on any atom is 0.0693 e. The SMILES string of the molecule is CCCCC(CC)Cn1nccn1. The molecule has 3 heteroatoms. The molecule has 0 aliphatic heterocycles. The van der Waals surface area contributed by atoms with E-state index in [2.05, 4.69) is 24.0 Å². The third kappa shape index (κ3) is 3.57. The summed E-state index contributed by atoms with van der Waals surface area (Å²) in [5.74, 6) is 0.743. The summed E-state index contributed by atoms with van der Waals surface area (Å²) < 4.78 is 0. The second-order valence-corrected chi connectivity index (χ2v) is 3.50. The molecule has 1 aromatic rings. The zero-order valence-corrected chi connectivity index (χ0v) is 8.61. The van der Waals surface area contributed by atoms with E-state index in [9.17, 15) is 0 Å². The predicted molar refractivity (Wildman–Crippen MR) is 53.3 cm³/mol. The highest BCUT2D eigenvalue weighted by Crippen LogP contribution is 2.13. The maximum atomic E-state index is 4.12. The molecule has 13 heavy (non-hydrogen) atoms. The lowest BCUT2D eigenvalue weighted by atomic mass is 10.00. The van der Waals surface area contributed by atoms with Gasteiger partial charge in [-0.25, -0.2) is 0 Å². The van der Waals surface area contributed by atoms with Crippen LogP contribution in [0.15, 0.2) is 12.4 Å². The lowest BCUT2D eigenvalue weighted by Crippen LogP contribution is -2.12. The average molecular weight is 181 g/mol. The van der Waals surface area contributed by atoms with Gasteiger partial charge < -0.3 is 0 Å². The summed E-state index contributed by atoms with van der Waals surface area (Å²) in [6.07, 6.45) is 8.61. The lowest BCUT2D eigenvalue weighted by Gasteiger charge is -2.12. The molecule has 0 radical (unpaired) electrons.